The molecule has 0 aliphatic carbocycles. The van der Waals surface area contributed by atoms with Crippen molar-refractivity contribution >= 4 is 17.6 Å². The molecule has 35 heavy (non-hydrogen) atoms. The van der Waals surface area contributed by atoms with Crippen molar-refractivity contribution in [2.75, 3.05) is 5.32 Å². The Morgan fingerprint density at radius 1 is 1.03 bits per heavy atom. The first-order chi connectivity index (χ1) is 16.2. The summed E-state index contributed by atoms with van der Waals surface area (Å²) in [4.78, 5) is 24.5. The van der Waals surface area contributed by atoms with Gasteiger partial charge in [0, 0.05) is 17.0 Å². The molecule has 5 N–H and O–H groups in total. The van der Waals surface area contributed by atoms with E-state index in [4.69, 9.17) is 5.73 Å². The number of carbonyl (C=O) groups is 2. The summed E-state index contributed by atoms with van der Waals surface area (Å²) in [5, 5.41) is 25.0. The average molecular weight is 479 g/mol. The molecule has 0 aliphatic heterocycles. The summed E-state index contributed by atoms with van der Waals surface area (Å²) in [6.07, 6.45) is 1.80. The number of benzene rings is 2. The highest BCUT2D eigenvalue weighted by Gasteiger charge is 2.35. The minimum Gasteiger partial charge on any atom is -0.508 e. The second-order valence-corrected chi connectivity index (χ2v) is 10.7. The van der Waals surface area contributed by atoms with Crippen LogP contribution in [0.15, 0.2) is 48.5 Å². The van der Waals surface area contributed by atoms with Gasteiger partial charge in [0.1, 0.15) is 5.75 Å². The fourth-order valence-electron chi connectivity index (χ4n) is 4.24. The third-order valence-electron chi connectivity index (χ3n) is 6.92. The van der Waals surface area contributed by atoms with E-state index in [1.165, 1.54) is 12.1 Å². The second kappa shape index (κ2) is 10.8. The fraction of sp³-hybridized carbons (Fsp3) is 0.464. The van der Waals surface area contributed by atoms with Gasteiger partial charge in [0.15, 0.2) is 0 Å². The highest BCUT2D eigenvalue weighted by Crippen LogP contribution is 2.39. The predicted octanol–water partition coefficient (Wildman–Crippen LogP) is 5.55. The number of phenolic OH excluding ortho intramolecular Hbond substituents is 1. The van der Waals surface area contributed by atoms with Crippen molar-refractivity contribution in [3.8, 4) is 11.8 Å². The van der Waals surface area contributed by atoms with Gasteiger partial charge in [-0.15, -0.1) is 0 Å². The number of aromatic hydroxyl groups is 1. The molecule has 0 saturated heterocycles. The summed E-state index contributed by atoms with van der Waals surface area (Å²) in [5.41, 5.74) is 6.40. The summed E-state index contributed by atoms with van der Waals surface area (Å²) >= 11 is 0. The molecule has 0 radical (unpaired) electrons. The topological polar surface area (TPSA) is 128 Å². The van der Waals surface area contributed by atoms with Crippen molar-refractivity contribution in [1.29, 1.82) is 5.26 Å². The van der Waals surface area contributed by atoms with E-state index >= 15 is 0 Å². The number of urea groups is 1. The quantitative estimate of drug-likeness (QED) is 0.334. The lowest BCUT2D eigenvalue weighted by Crippen LogP contribution is -2.43. The minimum atomic E-state index is -0.756. The van der Waals surface area contributed by atoms with Gasteiger partial charge >= 0.3 is 6.03 Å². The number of anilines is 1. The van der Waals surface area contributed by atoms with E-state index in [0.717, 1.165) is 17.5 Å². The Morgan fingerprint density at radius 3 is 2.17 bits per heavy atom. The Kier molecular flexibility index (Phi) is 8.56. The third kappa shape index (κ3) is 7.22. The minimum absolute atomic E-state index is 0.129. The Bertz CT molecular complexity index is 1090. The Labute approximate surface area is 208 Å². The smallest absolute Gasteiger partial charge is 0.319 e. The molecule has 0 fully saturated rings. The molecule has 7 nitrogen and oxygen atoms in total. The Hall–Kier alpha value is -3.53. The maximum absolute atomic E-state index is 12.6. The normalized spacial score (nSPS) is 14.3. The zero-order valence-electron chi connectivity index (χ0n) is 21.6. The molecule has 0 saturated carbocycles. The average Bonchev–Trinajstić information content (AvgIpc) is 2.79. The summed E-state index contributed by atoms with van der Waals surface area (Å²) in [6, 6.07) is 16.4. The van der Waals surface area contributed by atoms with Crippen LogP contribution in [0.2, 0.25) is 0 Å². The van der Waals surface area contributed by atoms with E-state index in [9.17, 15) is 20.0 Å². The van der Waals surface area contributed by atoms with E-state index < -0.39 is 16.9 Å². The summed E-state index contributed by atoms with van der Waals surface area (Å²) < 4.78 is 0. The van der Waals surface area contributed by atoms with Gasteiger partial charge in [0.05, 0.1) is 11.6 Å². The number of hydrogen-bond donors (Lipinski definition) is 4. The van der Waals surface area contributed by atoms with Gasteiger partial charge in [-0.2, -0.15) is 5.26 Å². The van der Waals surface area contributed by atoms with Gasteiger partial charge in [-0.1, -0.05) is 52.0 Å². The largest absolute Gasteiger partial charge is 0.508 e. The monoisotopic (exact) mass is 478 g/mol. The van der Waals surface area contributed by atoms with Crippen LogP contribution in [0, 0.1) is 22.7 Å². The molecular weight excluding hydrogens is 440 g/mol. The Morgan fingerprint density at radius 2 is 1.63 bits per heavy atom. The number of nitrogens with two attached hydrogens (primary N) is 1. The van der Waals surface area contributed by atoms with Gasteiger partial charge in [-0.25, -0.2) is 4.79 Å². The van der Waals surface area contributed by atoms with Gasteiger partial charge in [0.25, 0.3) is 0 Å². The first-order valence-electron chi connectivity index (χ1n) is 11.9. The van der Waals surface area contributed by atoms with Crippen molar-refractivity contribution in [3.63, 3.8) is 0 Å². The van der Waals surface area contributed by atoms with Crippen molar-refractivity contribution < 1.29 is 14.7 Å². The zero-order chi connectivity index (χ0) is 26.4. The van der Waals surface area contributed by atoms with Crippen molar-refractivity contribution in [2.24, 2.45) is 17.1 Å². The number of nitriles is 1. The van der Waals surface area contributed by atoms with E-state index in [2.05, 4.69) is 36.6 Å². The number of rotatable bonds is 10. The molecule has 2 unspecified atom stereocenters. The lowest BCUT2D eigenvalue weighted by Gasteiger charge is -2.35. The SMILES string of the molecule is CCC(C)(CC(C#N)CC(C)(C)C(N)=O)c1cccc(C(C)(C)NC(=O)Nc2ccc(O)cc2)c1. The van der Waals surface area contributed by atoms with Crippen LogP contribution in [0.5, 0.6) is 5.75 Å². The maximum Gasteiger partial charge on any atom is 0.319 e. The molecule has 2 aromatic rings. The van der Waals surface area contributed by atoms with Gasteiger partial charge in [-0.05, 0) is 73.9 Å². The lowest BCUT2D eigenvalue weighted by molar-refractivity contribution is -0.126. The maximum atomic E-state index is 12.6. The molecule has 0 spiro atoms. The summed E-state index contributed by atoms with van der Waals surface area (Å²) in [5.74, 6) is -0.603. The van der Waals surface area contributed by atoms with Crippen LogP contribution >= 0.6 is 0 Å². The number of amides is 3. The van der Waals surface area contributed by atoms with Crippen molar-refractivity contribution in [3.05, 3.63) is 59.7 Å². The van der Waals surface area contributed by atoms with Crippen LogP contribution in [-0.2, 0) is 15.7 Å². The predicted molar refractivity (Wildman–Crippen MR) is 139 cm³/mol. The molecule has 0 aliphatic rings. The molecule has 2 rings (SSSR count). The van der Waals surface area contributed by atoms with Gasteiger partial charge in [-0.3, -0.25) is 4.79 Å². The zero-order valence-corrected chi connectivity index (χ0v) is 21.6. The molecule has 2 atom stereocenters. The van der Waals surface area contributed by atoms with E-state index in [1.54, 1.807) is 26.0 Å². The van der Waals surface area contributed by atoms with Crippen LogP contribution in [0.25, 0.3) is 0 Å². The van der Waals surface area contributed by atoms with Crippen LogP contribution < -0.4 is 16.4 Å². The summed E-state index contributed by atoms with van der Waals surface area (Å²) in [6.45, 7) is 11.6. The van der Waals surface area contributed by atoms with Gasteiger partial charge < -0.3 is 21.5 Å². The van der Waals surface area contributed by atoms with Crippen molar-refractivity contribution in [1.82, 2.24) is 5.32 Å². The molecule has 2 aromatic carbocycles. The van der Waals surface area contributed by atoms with Crippen LogP contribution in [0.4, 0.5) is 10.5 Å². The standard InChI is InChI=1S/C28H38N4O3/c1-7-28(6,17-19(18-29)16-26(2,3)24(30)34)21-10-8-9-20(15-21)27(4,5)32-25(35)31-22-11-13-23(33)14-12-22/h8-15,19,33H,7,16-17H2,1-6H3,(H2,30,34)(H2,31,32,35). The lowest BCUT2D eigenvalue weighted by atomic mass is 9.70. The first-order valence-corrected chi connectivity index (χ1v) is 11.9. The number of phenols is 1. The molecular formula is C28H38N4O3. The van der Waals surface area contributed by atoms with E-state index in [-0.39, 0.29) is 23.1 Å². The second-order valence-electron chi connectivity index (χ2n) is 10.7. The number of carbonyl (C=O) groups excluding carboxylic acids is 2. The van der Waals surface area contributed by atoms with Crippen molar-refractivity contribution in [2.45, 2.75) is 71.8 Å². The third-order valence-corrected chi connectivity index (χ3v) is 6.92. The fourth-order valence-corrected chi connectivity index (χ4v) is 4.24. The van der Waals surface area contributed by atoms with Crippen LogP contribution in [0.3, 0.4) is 0 Å². The van der Waals surface area contributed by atoms with Gasteiger partial charge in [0.2, 0.25) is 5.91 Å². The molecule has 0 aromatic heterocycles. The number of nitrogens with one attached hydrogen (secondary N) is 2. The highest BCUT2D eigenvalue weighted by molar-refractivity contribution is 5.89. The molecule has 3 amide bonds. The summed E-state index contributed by atoms with van der Waals surface area (Å²) in [7, 11) is 0. The highest BCUT2D eigenvalue weighted by atomic mass is 16.3. The Balaban J connectivity index is 2.23. The van der Waals surface area contributed by atoms with Crippen LogP contribution in [-0.4, -0.2) is 17.0 Å². The molecule has 0 heterocycles. The van der Waals surface area contributed by atoms with Crippen LogP contribution in [0.1, 0.15) is 71.9 Å². The van der Waals surface area contributed by atoms with E-state index in [1.807, 2.05) is 32.0 Å². The number of nitrogens with zero attached hydrogens (tertiary/aromatic N) is 1. The molecule has 7 heteroatoms. The molecule has 188 valence electrons. The number of primary amides is 1. The molecule has 0 bridgehead atoms. The number of hydrogen-bond acceptors (Lipinski definition) is 4. The first kappa shape index (κ1) is 27.7. The van der Waals surface area contributed by atoms with E-state index in [0.29, 0.717) is 18.5 Å².